The number of benzene rings is 3. The van der Waals surface area contributed by atoms with Gasteiger partial charge in [0.1, 0.15) is 18.7 Å². The van der Waals surface area contributed by atoms with Crippen LogP contribution in [0.2, 0.25) is 0 Å². The number of carbonyl (C=O) groups excluding carboxylic acids is 1. The highest BCUT2D eigenvalue weighted by atomic mass is 32.2. The molecule has 1 fully saturated rings. The Hall–Kier alpha value is -4.11. The Morgan fingerprint density at radius 1 is 1.03 bits per heavy atom. The number of imidazole rings is 1. The van der Waals surface area contributed by atoms with Crippen molar-refractivity contribution in [2.75, 3.05) is 30.8 Å². The van der Waals surface area contributed by atoms with E-state index < -0.39 is 9.84 Å². The van der Waals surface area contributed by atoms with E-state index in [0.717, 1.165) is 30.6 Å². The van der Waals surface area contributed by atoms with Crippen LogP contribution in [0.5, 0.6) is 5.75 Å². The highest BCUT2D eigenvalue weighted by molar-refractivity contribution is 7.90. The third-order valence-electron chi connectivity index (χ3n) is 6.67. The first-order chi connectivity index (χ1) is 18.3. The van der Waals surface area contributed by atoms with Crippen molar-refractivity contribution >= 4 is 21.6 Å². The lowest BCUT2D eigenvalue weighted by molar-refractivity contribution is 0.240. The van der Waals surface area contributed by atoms with E-state index in [-0.39, 0.29) is 10.9 Å². The van der Waals surface area contributed by atoms with Crippen LogP contribution in [0.1, 0.15) is 12.0 Å². The zero-order valence-electron chi connectivity index (χ0n) is 21.2. The first-order valence-corrected chi connectivity index (χ1v) is 14.4. The van der Waals surface area contributed by atoms with E-state index in [4.69, 9.17) is 4.74 Å². The van der Waals surface area contributed by atoms with Crippen molar-refractivity contribution in [2.45, 2.75) is 17.9 Å². The normalized spacial score (nSPS) is 15.4. The number of hydrogen-bond acceptors (Lipinski definition) is 6. The quantitative estimate of drug-likeness (QED) is 0.357. The summed E-state index contributed by atoms with van der Waals surface area (Å²) in [6.07, 6.45) is 5.48. The molecule has 1 N–H and O–H groups in total. The highest BCUT2D eigenvalue weighted by Gasteiger charge is 2.23. The number of rotatable bonds is 8. The fraction of sp³-hybridized carbons (Fsp3) is 0.241. The maximum atomic E-state index is 12.7. The zero-order chi connectivity index (χ0) is 26.5. The Labute approximate surface area is 222 Å². The summed E-state index contributed by atoms with van der Waals surface area (Å²) in [6.45, 7) is 2.87. The maximum Gasteiger partial charge on any atom is 0.326 e. The van der Waals surface area contributed by atoms with Crippen LogP contribution >= 0.6 is 0 Å². The molecule has 9 heteroatoms. The number of anilines is 1. The summed E-state index contributed by atoms with van der Waals surface area (Å²) in [5.41, 5.74) is 3.66. The number of para-hydroxylation sites is 1. The van der Waals surface area contributed by atoms with E-state index in [0.29, 0.717) is 30.5 Å². The number of carbonyl (C=O) groups is 1. The van der Waals surface area contributed by atoms with Crippen molar-refractivity contribution in [3.05, 3.63) is 97.0 Å². The molecule has 1 aromatic heterocycles. The Kier molecular flexibility index (Phi) is 7.46. The first-order valence-electron chi connectivity index (χ1n) is 12.5. The Balaban J connectivity index is 1.11. The van der Waals surface area contributed by atoms with E-state index in [2.05, 4.69) is 27.3 Å². The lowest BCUT2D eigenvalue weighted by Crippen LogP contribution is -2.33. The Bertz CT molecular complexity index is 1480. The minimum Gasteiger partial charge on any atom is -0.489 e. The van der Waals surface area contributed by atoms with E-state index in [9.17, 15) is 13.2 Å². The molecule has 38 heavy (non-hydrogen) atoms. The maximum absolute atomic E-state index is 12.7. The number of nitrogens with zero attached hydrogens (tertiary/aromatic N) is 3. The average molecular weight is 531 g/mol. The van der Waals surface area contributed by atoms with Crippen LogP contribution in [0.3, 0.4) is 0 Å². The van der Waals surface area contributed by atoms with Gasteiger partial charge < -0.3 is 15.0 Å². The van der Waals surface area contributed by atoms with Crippen LogP contribution in [0.25, 0.3) is 11.3 Å². The summed E-state index contributed by atoms with van der Waals surface area (Å²) < 4.78 is 30.5. The molecule has 196 valence electrons. The van der Waals surface area contributed by atoms with Crippen molar-refractivity contribution in [3.8, 4) is 17.0 Å². The summed E-state index contributed by atoms with van der Waals surface area (Å²) >= 11 is 0. The van der Waals surface area contributed by atoms with Gasteiger partial charge in [0.25, 0.3) is 0 Å². The van der Waals surface area contributed by atoms with Gasteiger partial charge in [-0.3, -0.25) is 4.57 Å². The molecule has 0 saturated carbocycles. The minimum atomic E-state index is -3.22. The number of hydrogen-bond donors (Lipinski definition) is 1. The van der Waals surface area contributed by atoms with Gasteiger partial charge in [0.15, 0.2) is 9.84 Å². The molecule has 1 unspecified atom stereocenters. The summed E-state index contributed by atoms with van der Waals surface area (Å²) in [4.78, 5) is 19.7. The highest BCUT2D eigenvalue weighted by Crippen LogP contribution is 2.24. The fourth-order valence-corrected chi connectivity index (χ4v) is 5.13. The van der Waals surface area contributed by atoms with Crippen molar-refractivity contribution < 1.29 is 17.9 Å². The SMILES string of the molecule is CS(=O)(=O)c1ccc(COc2ccc(-c3cn(C(=O)NCC4CCN(c5ccccc5)C4)cn3)cc2)cc1. The van der Waals surface area contributed by atoms with E-state index in [1.54, 1.807) is 30.5 Å². The topological polar surface area (TPSA) is 93.5 Å². The molecule has 8 nitrogen and oxygen atoms in total. The largest absolute Gasteiger partial charge is 0.489 e. The third-order valence-corrected chi connectivity index (χ3v) is 7.80. The fourth-order valence-electron chi connectivity index (χ4n) is 4.50. The van der Waals surface area contributed by atoms with Crippen LogP contribution in [0, 0.1) is 5.92 Å². The van der Waals surface area contributed by atoms with Gasteiger partial charge in [-0.1, -0.05) is 30.3 Å². The van der Waals surface area contributed by atoms with Crippen molar-refractivity contribution in [3.63, 3.8) is 0 Å². The molecular formula is C29H30N4O4S. The van der Waals surface area contributed by atoms with E-state index in [1.807, 2.05) is 42.5 Å². The zero-order valence-corrected chi connectivity index (χ0v) is 22.0. The number of nitrogens with one attached hydrogen (secondary N) is 1. The van der Waals surface area contributed by atoms with Crippen molar-refractivity contribution in [2.24, 2.45) is 5.92 Å². The van der Waals surface area contributed by atoms with Crippen molar-refractivity contribution in [1.29, 1.82) is 0 Å². The third kappa shape index (κ3) is 6.23. The second-order valence-electron chi connectivity index (χ2n) is 9.52. The number of ether oxygens (including phenoxy) is 1. The lowest BCUT2D eigenvalue weighted by atomic mass is 10.1. The van der Waals surface area contributed by atoms with Gasteiger partial charge in [-0.2, -0.15) is 0 Å². The second-order valence-corrected chi connectivity index (χ2v) is 11.5. The number of sulfone groups is 1. The van der Waals surface area contributed by atoms with Gasteiger partial charge in [-0.05, 0) is 66.4 Å². The van der Waals surface area contributed by atoms with Gasteiger partial charge in [-0.15, -0.1) is 0 Å². The molecule has 4 aromatic rings. The predicted octanol–water partition coefficient (Wildman–Crippen LogP) is 4.62. The molecule has 0 aliphatic carbocycles. The summed E-state index contributed by atoms with van der Waals surface area (Å²) in [7, 11) is -3.22. The number of amides is 1. The second kappa shape index (κ2) is 11.1. The molecule has 2 heterocycles. The Morgan fingerprint density at radius 3 is 2.47 bits per heavy atom. The summed E-state index contributed by atoms with van der Waals surface area (Å²) in [5, 5.41) is 3.03. The molecule has 1 amide bonds. The van der Waals surface area contributed by atoms with Crippen molar-refractivity contribution in [1.82, 2.24) is 14.9 Å². The van der Waals surface area contributed by atoms with Gasteiger partial charge in [0.2, 0.25) is 0 Å². The Morgan fingerprint density at radius 2 is 1.76 bits per heavy atom. The predicted molar refractivity (Wildman–Crippen MR) is 147 cm³/mol. The van der Waals surface area contributed by atoms with Gasteiger partial charge in [-0.25, -0.2) is 18.2 Å². The summed E-state index contributed by atoms with van der Waals surface area (Å²) in [6, 6.07) is 24.3. The van der Waals surface area contributed by atoms with E-state index >= 15 is 0 Å². The molecule has 1 aliphatic rings. The molecule has 1 atom stereocenters. The molecule has 3 aromatic carbocycles. The average Bonchev–Trinajstić information content (AvgIpc) is 3.62. The monoisotopic (exact) mass is 530 g/mol. The molecule has 0 radical (unpaired) electrons. The van der Waals surface area contributed by atoms with Crippen LogP contribution in [-0.4, -0.2) is 49.9 Å². The van der Waals surface area contributed by atoms with Crippen LogP contribution in [-0.2, 0) is 16.4 Å². The molecular weight excluding hydrogens is 500 g/mol. The molecule has 1 aliphatic heterocycles. The standard InChI is InChI=1S/C29H30N4O4S/c1-38(35,36)27-13-7-22(8-14-27)20-37-26-11-9-24(10-12-26)28-19-33(21-31-28)29(34)30-17-23-15-16-32(18-23)25-5-3-2-4-6-25/h2-14,19,21,23H,15-18,20H2,1H3,(H,30,34). The summed E-state index contributed by atoms with van der Waals surface area (Å²) in [5.74, 6) is 1.09. The van der Waals surface area contributed by atoms with Crippen LogP contribution in [0.4, 0.5) is 10.5 Å². The van der Waals surface area contributed by atoms with Crippen LogP contribution < -0.4 is 15.0 Å². The number of aromatic nitrogens is 2. The lowest BCUT2D eigenvalue weighted by Gasteiger charge is -2.18. The molecule has 0 bridgehead atoms. The molecule has 0 spiro atoms. The first kappa shape index (κ1) is 25.5. The van der Waals surface area contributed by atoms with E-state index in [1.165, 1.54) is 22.8 Å². The minimum absolute atomic E-state index is 0.191. The van der Waals surface area contributed by atoms with Gasteiger partial charge in [0.05, 0.1) is 10.6 Å². The van der Waals surface area contributed by atoms with Crippen LogP contribution in [0.15, 0.2) is 96.3 Å². The van der Waals surface area contributed by atoms with Gasteiger partial charge >= 0.3 is 6.03 Å². The molecule has 1 saturated heterocycles. The van der Waals surface area contributed by atoms with Gasteiger partial charge in [0, 0.05) is 43.3 Å². The smallest absolute Gasteiger partial charge is 0.326 e. The molecule has 5 rings (SSSR count).